The number of carbonyl (C=O) groups is 1. The summed E-state index contributed by atoms with van der Waals surface area (Å²) in [6.45, 7) is 0.254. The van der Waals surface area contributed by atoms with Crippen molar-refractivity contribution in [3.8, 4) is 0 Å². The van der Waals surface area contributed by atoms with Crippen LogP contribution in [0.1, 0.15) is 0 Å². The van der Waals surface area contributed by atoms with Gasteiger partial charge in [-0.05, 0) is 0 Å². The lowest BCUT2D eigenvalue weighted by molar-refractivity contribution is -0.288. The van der Waals surface area contributed by atoms with Crippen molar-refractivity contribution < 1.29 is 20.1 Å². The van der Waals surface area contributed by atoms with Gasteiger partial charge in [-0.15, -0.1) is 0 Å². The van der Waals surface area contributed by atoms with Crippen LogP contribution in [0.3, 0.4) is 0 Å². The van der Waals surface area contributed by atoms with Crippen molar-refractivity contribution in [3.63, 3.8) is 0 Å². The lowest BCUT2D eigenvalue weighted by atomic mass is 10.5. The van der Waals surface area contributed by atoms with Gasteiger partial charge in [-0.3, -0.25) is 4.79 Å². The van der Waals surface area contributed by atoms with Crippen molar-refractivity contribution in [3.05, 3.63) is 0 Å². The fraction of sp³-hybridized carbons (Fsp3) is 0.750. The molecule has 0 aromatic heterocycles. The summed E-state index contributed by atoms with van der Waals surface area (Å²) in [6.07, 6.45) is 0. The highest BCUT2D eigenvalue weighted by Gasteiger charge is 2.29. The highest BCUT2D eigenvalue weighted by atomic mass is 16.7. The first-order valence-corrected chi connectivity index (χ1v) is 2.64. The van der Waals surface area contributed by atoms with Gasteiger partial charge in [-0.2, -0.15) is 0 Å². The lowest BCUT2D eigenvalue weighted by Gasteiger charge is -2.12. The van der Waals surface area contributed by atoms with Crippen molar-refractivity contribution in [1.82, 2.24) is 5.32 Å². The zero-order valence-corrected chi connectivity index (χ0v) is 5.24. The highest BCUT2D eigenvalue weighted by molar-refractivity contribution is 5.81. The molecule has 0 spiro atoms. The van der Waals surface area contributed by atoms with E-state index in [1.165, 1.54) is 0 Å². The van der Waals surface area contributed by atoms with Crippen LogP contribution in [0.4, 0.5) is 0 Å². The Labute approximate surface area is 57.3 Å². The molecule has 0 saturated carbocycles. The molecule has 0 aromatic rings. The van der Waals surface area contributed by atoms with Crippen molar-refractivity contribution in [2.24, 2.45) is 5.73 Å². The van der Waals surface area contributed by atoms with Crippen LogP contribution in [0.2, 0.25) is 0 Å². The van der Waals surface area contributed by atoms with Crippen LogP contribution >= 0.6 is 0 Å². The molecule has 0 aliphatic carbocycles. The van der Waals surface area contributed by atoms with E-state index in [4.69, 9.17) is 21.1 Å². The summed E-state index contributed by atoms with van der Waals surface area (Å²) in [6, 6.07) is 0. The van der Waals surface area contributed by atoms with Gasteiger partial charge >= 0.3 is 11.9 Å². The normalized spacial score (nSPS) is 11.2. The first-order valence-electron chi connectivity index (χ1n) is 2.64. The maximum absolute atomic E-state index is 10.3. The minimum atomic E-state index is -3.30. The molecular weight excluding hydrogens is 140 g/mol. The molecule has 0 fully saturated rings. The molecule has 0 rings (SSSR count). The van der Waals surface area contributed by atoms with E-state index in [1.807, 2.05) is 5.32 Å². The number of rotatable bonds is 3. The number of nitrogens with two attached hydrogens (primary N) is 1. The SMILES string of the molecule is NCCNC(=O)C(O)(O)O. The summed E-state index contributed by atoms with van der Waals surface area (Å²) in [5.74, 6) is -4.58. The Morgan fingerprint density at radius 3 is 2.30 bits per heavy atom. The molecule has 0 bridgehead atoms. The van der Waals surface area contributed by atoms with E-state index in [0.717, 1.165) is 0 Å². The summed E-state index contributed by atoms with van der Waals surface area (Å²) in [4.78, 5) is 10.3. The van der Waals surface area contributed by atoms with Crippen molar-refractivity contribution >= 4 is 5.91 Å². The molecule has 6 N–H and O–H groups in total. The Bertz CT molecular complexity index is 119. The minimum Gasteiger partial charge on any atom is -0.348 e. The van der Waals surface area contributed by atoms with Crippen LogP contribution in [-0.4, -0.2) is 40.3 Å². The molecule has 0 unspecified atom stereocenters. The summed E-state index contributed by atoms with van der Waals surface area (Å²) in [5.41, 5.74) is 4.96. The predicted molar refractivity (Wildman–Crippen MR) is 31.5 cm³/mol. The molecule has 0 atom stereocenters. The van der Waals surface area contributed by atoms with Crippen LogP contribution in [0, 0.1) is 0 Å². The molecule has 6 nitrogen and oxygen atoms in total. The summed E-state index contributed by atoms with van der Waals surface area (Å²) in [5, 5.41) is 26.5. The Kier molecular flexibility index (Phi) is 3.23. The summed E-state index contributed by atoms with van der Waals surface area (Å²) >= 11 is 0. The molecule has 0 aliphatic rings. The third-order valence-electron chi connectivity index (χ3n) is 0.735. The monoisotopic (exact) mass is 150 g/mol. The summed E-state index contributed by atoms with van der Waals surface area (Å²) < 4.78 is 0. The Balaban J connectivity index is 3.64. The minimum absolute atomic E-state index is 0.0856. The Hall–Kier alpha value is -0.690. The van der Waals surface area contributed by atoms with E-state index in [9.17, 15) is 4.79 Å². The van der Waals surface area contributed by atoms with Crippen LogP contribution in [0.5, 0.6) is 0 Å². The number of nitrogens with one attached hydrogen (secondary N) is 1. The molecule has 10 heavy (non-hydrogen) atoms. The molecule has 60 valence electrons. The second-order valence-corrected chi connectivity index (χ2v) is 1.68. The van der Waals surface area contributed by atoms with Crippen LogP contribution in [0.15, 0.2) is 0 Å². The first-order chi connectivity index (χ1) is 4.48. The predicted octanol–water partition coefficient (Wildman–Crippen LogP) is -3.31. The zero-order valence-electron chi connectivity index (χ0n) is 5.24. The van der Waals surface area contributed by atoms with Gasteiger partial charge in [0.2, 0.25) is 0 Å². The van der Waals surface area contributed by atoms with E-state index in [-0.39, 0.29) is 13.1 Å². The van der Waals surface area contributed by atoms with E-state index < -0.39 is 11.9 Å². The lowest BCUT2D eigenvalue weighted by Crippen LogP contribution is -2.47. The van der Waals surface area contributed by atoms with Gasteiger partial charge in [-0.25, -0.2) is 0 Å². The van der Waals surface area contributed by atoms with Gasteiger partial charge in [0.15, 0.2) is 0 Å². The van der Waals surface area contributed by atoms with Crippen LogP contribution < -0.4 is 11.1 Å². The number of aliphatic hydroxyl groups is 3. The third kappa shape index (κ3) is 3.36. The maximum Gasteiger partial charge on any atom is 0.360 e. The number of hydrogen-bond acceptors (Lipinski definition) is 5. The van der Waals surface area contributed by atoms with Gasteiger partial charge in [0.25, 0.3) is 0 Å². The molecule has 0 aromatic carbocycles. The van der Waals surface area contributed by atoms with Crippen molar-refractivity contribution in [2.45, 2.75) is 5.97 Å². The van der Waals surface area contributed by atoms with Gasteiger partial charge in [0.1, 0.15) is 0 Å². The van der Waals surface area contributed by atoms with E-state index in [2.05, 4.69) is 0 Å². The van der Waals surface area contributed by atoms with E-state index >= 15 is 0 Å². The molecule has 6 heteroatoms. The second-order valence-electron chi connectivity index (χ2n) is 1.68. The first kappa shape index (κ1) is 9.31. The molecular formula is C4H10N2O4. The average Bonchev–Trinajstić information content (AvgIpc) is 1.80. The van der Waals surface area contributed by atoms with Gasteiger partial charge < -0.3 is 26.4 Å². The number of hydrogen-bond donors (Lipinski definition) is 5. The average molecular weight is 150 g/mol. The second kappa shape index (κ2) is 3.47. The molecule has 0 aliphatic heterocycles. The Morgan fingerprint density at radius 1 is 1.50 bits per heavy atom. The Morgan fingerprint density at radius 2 is 2.00 bits per heavy atom. The van der Waals surface area contributed by atoms with Crippen molar-refractivity contribution in [1.29, 1.82) is 0 Å². The maximum atomic E-state index is 10.3. The topological polar surface area (TPSA) is 116 Å². The molecule has 0 radical (unpaired) electrons. The van der Waals surface area contributed by atoms with Gasteiger partial charge in [0.05, 0.1) is 0 Å². The van der Waals surface area contributed by atoms with E-state index in [0.29, 0.717) is 0 Å². The van der Waals surface area contributed by atoms with Crippen molar-refractivity contribution in [2.75, 3.05) is 13.1 Å². The molecule has 1 amide bonds. The number of amides is 1. The quantitative estimate of drug-likeness (QED) is 0.270. The summed E-state index contributed by atoms with van der Waals surface area (Å²) in [7, 11) is 0. The fourth-order valence-electron chi connectivity index (χ4n) is 0.304. The molecule has 0 saturated heterocycles. The zero-order chi connectivity index (χ0) is 8.20. The third-order valence-corrected chi connectivity index (χ3v) is 0.735. The van der Waals surface area contributed by atoms with Crippen LogP contribution in [0.25, 0.3) is 0 Å². The highest BCUT2D eigenvalue weighted by Crippen LogP contribution is 1.89. The van der Waals surface area contributed by atoms with Gasteiger partial charge in [-0.1, -0.05) is 0 Å². The standard InChI is InChI=1S/C4H10N2O4/c5-1-2-6-3(7)4(8,9)10/h8-10H,1-2,5H2,(H,6,7). The fourth-order valence-corrected chi connectivity index (χ4v) is 0.304. The van der Waals surface area contributed by atoms with E-state index in [1.54, 1.807) is 0 Å². The van der Waals surface area contributed by atoms with Gasteiger partial charge in [0, 0.05) is 13.1 Å². The largest absolute Gasteiger partial charge is 0.360 e. The molecule has 0 heterocycles. The number of carbonyl (C=O) groups excluding carboxylic acids is 1. The van der Waals surface area contributed by atoms with Crippen LogP contribution in [-0.2, 0) is 4.79 Å². The smallest absolute Gasteiger partial charge is 0.348 e.